The van der Waals surface area contributed by atoms with Gasteiger partial charge in [0.2, 0.25) is 0 Å². The molecule has 0 aromatic carbocycles. The fourth-order valence-corrected chi connectivity index (χ4v) is 2.34. The monoisotopic (exact) mass is 240 g/mol. The Bertz CT molecular complexity index is 217. The summed E-state index contributed by atoms with van der Waals surface area (Å²) >= 11 is 0. The lowest BCUT2D eigenvalue weighted by molar-refractivity contribution is 0.208. The Balaban J connectivity index is 2.18. The molecule has 0 saturated heterocycles. The molecule has 0 aromatic rings. The average molecular weight is 240 g/mol. The van der Waals surface area contributed by atoms with Gasteiger partial charge < -0.3 is 10.6 Å². The van der Waals surface area contributed by atoms with E-state index >= 15 is 0 Å². The summed E-state index contributed by atoms with van der Waals surface area (Å²) in [6, 6.07) is 0. The minimum absolute atomic E-state index is 0.535. The Hall–Kier alpha value is -0.0800. The summed E-state index contributed by atoms with van der Waals surface area (Å²) in [4.78, 5) is 2.50. The third-order valence-electron chi connectivity index (χ3n) is 5.22. The highest BCUT2D eigenvalue weighted by Gasteiger charge is 2.40. The van der Waals surface area contributed by atoms with Crippen LogP contribution in [-0.4, -0.2) is 31.6 Å². The van der Waals surface area contributed by atoms with E-state index in [2.05, 4.69) is 32.7 Å². The van der Waals surface area contributed by atoms with E-state index in [1.165, 1.54) is 51.6 Å². The van der Waals surface area contributed by atoms with Gasteiger partial charge in [0.05, 0.1) is 0 Å². The Kier molecular flexibility index (Phi) is 5.46. The van der Waals surface area contributed by atoms with Crippen molar-refractivity contribution >= 4 is 0 Å². The third kappa shape index (κ3) is 4.59. The number of nitrogens with two attached hydrogens (primary N) is 1. The van der Waals surface area contributed by atoms with Crippen LogP contribution in [0.2, 0.25) is 0 Å². The van der Waals surface area contributed by atoms with Gasteiger partial charge in [0.15, 0.2) is 0 Å². The van der Waals surface area contributed by atoms with Crippen LogP contribution in [0.3, 0.4) is 0 Å². The van der Waals surface area contributed by atoms with E-state index in [1.807, 2.05) is 0 Å². The molecule has 1 fully saturated rings. The van der Waals surface area contributed by atoms with Crippen molar-refractivity contribution in [1.82, 2.24) is 4.90 Å². The first kappa shape index (κ1) is 15.0. The van der Waals surface area contributed by atoms with E-state index in [1.54, 1.807) is 0 Å². The maximum Gasteiger partial charge on any atom is -0.00160 e. The maximum atomic E-state index is 5.82. The Labute approximate surface area is 108 Å². The molecule has 1 aliphatic rings. The molecule has 0 amide bonds. The summed E-state index contributed by atoms with van der Waals surface area (Å²) in [6.45, 7) is 10.4. The molecular formula is C15H32N2. The molecule has 17 heavy (non-hydrogen) atoms. The molecule has 1 rings (SSSR count). The van der Waals surface area contributed by atoms with E-state index in [0.29, 0.717) is 10.8 Å². The van der Waals surface area contributed by atoms with Gasteiger partial charge in [0.1, 0.15) is 0 Å². The molecular weight excluding hydrogens is 208 g/mol. The van der Waals surface area contributed by atoms with Gasteiger partial charge in [-0.2, -0.15) is 0 Å². The van der Waals surface area contributed by atoms with Crippen LogP contribution in [0.1, 0.15) is 59.3 Å². The van der Waals surface area contributed by atoms with Crippen LogP contribution in [0, 0.1) is 10.8 Å². The first-order chi connectivity index (χ1) is 7.99. The lowest BCUT2D eigenvalue weighted by atomic mass is 9.81. The van der Waals surface area contributed by atoms with Crippen LogP contribution in [0.15, 0.2) is 0 Å². The highest BCUT2D eigenvalue weighted by Crippen LogP contribution is 2.47. The van der Waals surface area contributed by atoms with Gasteiger partial charge in [-0.15, -0.1) is 0 Å². The molecule has 0 atom stereocenters. The molecule has 0 heterocycles. The fourth-order valence-electron chi connectivity index (χ4n) is 2.34. The first-order valence-electron chi connectivity index (χ1n) is 7.38. The van der Waals surface area contributed by atoms with Crippen molar-refractivity contribution in [2.75, 3.05) is 26.7 Å². The molecule has 1 saturated carbocycles. The molecule has 0 unspecified atom stereocenters. The van der Waals surface area contributed by atoms with Crippen molar-refractivity contribution in [3.8, 4) is 0 Å². The normalized spacial score (nSPS) is 18.7. The van der Waals surface area contributed by atoms with Gasteiger partial charge in [-0.25, -0.2) is 0 Å². The van der Waals surface area contributed by atoms with Crippen molar-refractivity contribution in [2.24, 2.45) is 16.6 Å². The van der Waals surface area contributed by atoms with Crippen molar-refractivity contribution in [3.63, 3.8) is 0 Å². The van der Waals surface area contributed by atoms with Gasteiger partial charge >= 0.3 is 0 Å². The predicted octanol–water partition coefficient (Wildman–Crippen LogP) is 3.26. The smallest absolute Gasteiger partial charge is 0.00160 e. The van der Waals surface area contributed by atoms with Gasteiger partial charge in [0.25, 0.3) is 0 Å². The molecule has 2 heteroatoms. The summed E-state index contributed by atoms with van der Waals surface area (Å²) in [5, 5.41) is 0. The largest absolute Gasteiger partial charge is 0.330 e. The van der Waals surface area contributed by atoms with E-state index in [9.17, 15) is 0 Å². The van der Waals surface area contributed by atoms with Crippen molar-refractivity contribution in [2.45, 2.75) is 59.3 Å². The van der Waals surface area contributed by atoms with E-state index < -0.39 is 0 Å². The predicted molar refractivity (Wildman–Crippen MR) is 76.1 cm³/mol. The number of hydrogen-bond donors (Lipinski definition) is 1. The molecule has 0 radical (unpaired) electrons. The van der Waals surface area contributed by atoms with Crippen molar-refractivity contribution in [1.29, 1.82) is 0 Å². The Morgan fingerprint density at radius 3 is 2.18 bits per heavy atom. The lowest BCUT2D eigenvalue weighted by Gasteiger charge is -2.29. The fraction of sp³-hybridized carbons (Fsp3) is 1.00. The van der Waals surface area contributed by atoms with Gasteiger partial charge in [0, 0.05) is 0 Å². The topological polar surface area (TPSA) is 29.3 Å². The van der Waals surface area contributed by atoms with Crippen LogP contribution in [-0.2, 0) is 0 Å². The molecule has 0 aromatic heterocycles. The number of nitrogens with zero attached hydrogens (tertiary/aromatic N) is 1. The third-order valence-corrected chi connectivity index (χ3v) is 5.22. The second-order valence-electron chi connectivity index (χ2n) is 6.53. The zero-order chi connectivity index (χ0) is 12.9. The van der Waals surface area contributed by atoms with Gasteiger partial charge in [-0.1, -0.05) is 33.6 Å². The summed E-state index contributed by atoms with van der Waals surface area (Å²) in [7, 11) is 2.26. The molecule has 1 aliphatic carbocycles. The standard InChI is InChI=1S/C15H32N2/c1-5-14(3,6-2)9-11-17(4)12-10-15(13-16)7-8-15/h5-13,16H2,1-4H3. The molecule has 0 spiro atoms. The molecule has 102 valence electrons. The van der Waals surface area contributed by atoms with Crippen LogP contribution in [0.4, 0.5) is 0 Å². The van der Waals surface area contributed by atoms with Crippen LogP contribution >= 0.6 is 0 Å². The second-order valence-corrected chi connectivity index (χ2v) is 6.53. The SMILES string of the molecule is CCC(C)(CC)CCN(C)CCC1(CN)CC1. The summed E-state index contributed by atoms with van der Waals surface area (Å²) in [5.41, 5.74) is 6.90. The van der Waals surface area contributed by atoms with Gasteiger partial charge in [-0.05, 0) is 63.2 Å². The Morgan fingerprint density at radius 2 is 1.76 bits per heavy atom. The minimum Gasteiger partial charge on any atom is -0.330 e. The average Bonchev–Trinajstić information content (AvgIpc) is 3.14. The second kappa shape index (κ2) is 6.19. The summed E-state index contributed by atoms with van der Waals surface area (Å²) in [5.74, 6) is 0. The molecule has 2 N–H and O–H groups in total. The number of hydrogen-bond acceptors (Lipinski definition) is 2. The highest BCUT2D eigenvalue weighted by atomic mass is 15.1. The van der Waals surface area contributed by atoms with Crippen LogP contribution < -0.4 is 5.73 Å². The van der Waals surface area contributed by atoms with Gasteiger partial charge in [-0.3, -0.25) is 0 Å². The maximum absolute atomic E-state index is 5.82. The molecule has 2 nitrogen and oxygen atoms in total. The summed E-state index contributed by atoms with van der Waals surface area (Å²) in [6.07, 6.45) is 7.94. The van der Waals surface area contributed by atoms with Crippen molar-refractivity contribution in [3.05, 3.63) is 0 Å². The summed E-state index contributed by atoms with van der Waals surface area (Å²) < 4.78 is 0. The van der Waals surface area contributed by atoms with E-state index in [4.69, 9.17) is 5.73 Å². The highest BCUT2D eigenvalue weighted by molar-refractivity contribution is 4.94. The van der Waals surface area contributed by atoms with E-state index in [-0.39, 0.29) is 0 Å². The first-order valence-corrected chi connectivity index (χ1v) is 7.38. The Morgan fingerprint density at radius 1 is 1.18 bits per heavy atom. The van der Waals surface area contributed by atoms with Crippen molar-refractivity contribution < 1.29 is 0 Å². The lowest BCUT2D eigenvalue weighted by Crippen LogP contribution is -2.29. The van der Waals surface area contributed by atoms with E-state index in [0.717, 1.165) is 6.54 Å². The molecule has 0 bridgehead atoms. The van der Waals surface area contributed by atoms with Crippen LogP contribution in [0.25, 0.3) is 0 Å². The molecule has 0 aliphatic heterocycles. The zero-order valence-corrected chi connectivity index (χ0v) is 12.4. The number of rotatable bonds is 9. The minimum atomic E-state index is 0.535. The quantitative estimate of drug-likeness (QED) is 0.670. The zero-order valence-electron chi connectivity index (χ0n) is 12.4. The van der Waals surface area contributed by atoms with Crippen LogP contribution in [0.5, 0.6) is 0 Å².